The molecule has 120 valence electrons. The van der Waals surface area contributed by atoms with Crippen LogP contribution in [0.3, 0.4) is 0 Å². The van der Waals surface area contributed by atoms with Gasteiger partial charge in [0.2, 0.25) is 0 Å². The first-order valence-electron chi connectivity index (χ1n) is 6.98. The van der Waals surface area contributed by atoms with E-state index in [9.17, 15) is 9.59 Å². The van der Waals surface area contributed by atoms with Crippen LogP contribution in [-0.2, 0) is 11.3 Å². The molecular weight excluding hydrogens is 296 g/mol. The number of methoxy groups -OCH3 is 2. The van der Waals surface area contributed by atoms with Crippen LogP contribution in [0.5, 0.6) is 5.75 Å². The fourth-order valence-corrected chi connectivity index (χ4v) is 1.91. The molecule has 0 bridgehead atoms. The Balaban J connectivity index is 1.85. The fraction of sp³-hybridized carbons (Fsp3) is 0.176. The molecule has 0 saturated carbocycles. The molecule has 0 fully saturated rings. The molecule has 2 aromatic rings. The number of anilines is 1. The van der Waals surface area contributed by atoms with Crippen LogP contribution in [0, 0.1) is 0 Å². The standard InChI is InChI=1S/C17H18N2O4/c1-22-15-9-3-12(4-10-15)11-18-17(21)19-14-7-5-13(6-8-14)16(20)23-2/h3-10H,11H2,1-2H3,(H2,18,19,21). The van der Waals surface area contributed by atoms with Gasteiger partial charge in [0.15, 0.2) is 0 Å². The number of ether oxygens (including phenoxy) is 2. The molecule has 0 aromatic heterocycles. The summed E-state index contributed by atoms with van der Waals surface area (Å²) in [6.45, 7) is 0.399. The highest BCUT2D eigenvalue weighted by Crippen LogP contribution is 2.12. The molecule has 0 unspecified atom stereocenters. The van der Waals surface area contributed by atoms with Gasteiger partial charge in [0, 0.05) is 12.2 Å². The van der Waals surface area contributed by atoms with Crippen molar-refractivity contribution in [2.75, 3.05) is 19.5 Å². The molecule has 6 nitrogen and oxygen atoms in total. The SMILES string of the molecule is COC(=O)c1ccc(NC(=O)NCc2ccc(OC)cc2)cc1. The van der Waals surface area contributed by atoms with Crippen LogP contribution in [0.2, 0.25) is 0 Å². The highest BCUT2D eigenvalue weighted by atomic mass is 16.5. The molecule has 0 radical (unpaired) electrons. The Morgan fingerprint density at radius 3 is 2.17 bits per heavy atom. The quantitative estimate of drug-likeness (QED) is 0.832. The third-order valence-corrected chi connectivity index (χ3v) is 3.18. The molecule has 23 heavy (non-hydrogen) atoms. The van der Waals surface area contributed by atoms with E-state index in [2.05, 4.69) is 15.4 Å². The van der Waals surface area contributed by atoms with Crippen molar-refractivity contribution >= 4 is 17.7 Å². The van der Waals surface area contributed by atoms with E-state index in [-0.39, 0.29) is 6.03 Å². The van der Waals surface area contributed by atoms with Crippen LogP contribution in [0.25, 0.3) is 0 Å². The summed E-state index contributed by atoms with van der Waals surface area (Å²) in [5.41, 5.74) is 1.98. The van der Waals surface area contributed by atoms with Gasteiger partial charge in [-0.3, -0.25) is 0 Å². The summed E-state index contributed by atoms with van der Waals surface area (Å²) in [6, 6.07) is 13.6. The van der Waals surface area contributed by atoms with E-state index in [4.69, 9.17) is 4.74 Å². The van der Waals surface area contributed by atoms with E-state index in [1.54, 1.807) is 31.4 Å². The Kier molecular flexibility index (Phi) is 5.57. The van der Waals surface area contributed by atoms with Crippen LogP contribution in [-0.4, -0.2) is 26.2 Å². The van der Waals surface area contributed by atoms with E-state index in [0.29, 0.717) is 17.8 Å². The summed E-state index contributed by atoms with van der Waals surface area (Å²) in [6.07, 6.45) is 0. The van der Waals surface area contributed by atoms with Gasteiger partial charge in [-0.15, -0.1) is 0 Å². The van der Waals surface area contributed by atoms with Gasteiger partial charge in [0.1, 0.15) is 5.75 Å². The minimum absolute atomic E-state index is 0.327. The van der Waals surface area contributed by atoms with Gasteiger partial charge in [-0.1, -0.05) is 12.1 Å². The van der Waals surface area contributed by atoms with E-state index in [1.165, 1.54) is 7.11 Å². The number of esters is 1. The third kappa shape index (κ3) is 4.74. The fourth-order valence-electron chi connectivity index (χ4n) is 1.91. The lowest BCUT2D eigenvalue weighted by Gasteiger charge is -2.08. The largest absolute Gasteiger partial charge is 0.497 e. The number of hydrogen-bond donors (Lipinski definition) is 2. The Bertz CT molecular complexity index is 666. The molecule has 0 aliphatic carbocycles. The second-order valence-electron chi connectivity index (χ2n) is 4.72. The van der Waals surface area contributed by atoms with Gasteiger partial charge in [-0.05, 0) is 42.0 Å². The lowest BCUT2D eigenvalue weighted by Crippen LogP contribution is -2.28. The van der Waals surface area contributed by atoms with Gasteiger partial charge in [-0.25, -0.2) is 9.59 Å². The number of benzene rings is 2. The zero-order valence-electron chi connectivity index (χ0n) is 13.0. The van der Waals surface area contributed by atoms with Gasteiger partial charge in [0.25, 0.3) is 0 Å². The Hall–Kier alpha value is -3.02. The zero-order chi connectivity index (χ0) is 16.7. The molecule has 2 rings (SSSR count). The van der Waals surface area contributed by atoms with Crippen molar-refractivity contribution < 1.29 is 19.1 Å². The minimum atomic E-state index is -0.416. The molecule has 0 aliphatic rings. The first-order chi connectivity index (χ1) is 11.1. The number of carbonyl (C=O) groups is 2. The van der Waals surface area contributed by atoms with Crippen LogP contribution < -0.4 is 15.4 Å². The van der Waals surface area contributed by atoms with E-state index in [0.717, 1.165) is 11.3 Å². The number of urea groups is 1. The van der Waals surface area contributed by atoms with Crippen molar-refractivity contribution in [2.24, 2.45) is 0 Å². The van der Waals surface area contributed by atoms with Gasteiger partial charge >= 0.3 is 12.0 Å². The zero-order valence-corrected chi connectivity index (χ0v) is 13.0. The predicted octanol–water partition coefficient (Wildman–Crippen LogP) is 2.80. The van der Waals surface area contributed by atoms with E-state index in [1.807, 2.05) is 24.3 Å². The van der Waals surface area contributed by atoms with Crippen molar-refractivity contribution in [3.05, 3.63) is 59.7 Å². The molecule has 2 N–H and O–H groups in total. The number of amides is 2. The van der Waals surface area contributed by atoms with Crippen LogP contribution in [0.4, 0.5) is 10.5 Å². The second kappa shape index (κ2) is 7.84. The monoisotopic (exact) mass is 314 g/mol. The first-order valence-corrected chi connectivity index (χ1v) is 6.98. The van der Waals surface area contributed by atoms with Crippen molar-refractivity contribution in [1.82, 2.24) is 5.32 Å². The average molecular weight is 314 g/mol. The molecule has 2 amide bonds. The summed E-state index contributed by atoms with van der Waals surface area (Å²) < 4.78 is 9.69. The highest BCUT2D eigenvalue weighted by Gasteiger charge is 2.06. The smallest absolute Gasteiger partial charge is 0.337 e. The molecule has 2 aromatic carbocycles. The molecule has 0 heterocycles. The van der Waals surface area contributed by atoms with Crippen LogP contribution in [0.1, 0.15) is 15.9 Å². The summed E-state index contributed by atoms with van der Waals surface area (Å²) in [7, 11) is 2.92. The van der Waals surface area contributed by atoms with Crippen molar-refractivity contribution in [2.45, 2.75) is 6.54 Å². The maximum Gasteiger partial charge on any atom is 0.337 e. The summed E-state index contributed by atoms with van der Waals surface area (Å²) in [5.74, 6) is 0.351. The Morgan fingerprint density at radius 1 is 0.957 bits per heavy atom. The number of carbonyl (C=O) groups excluding carboxylic acids is 2. The van der Waals surface area contributed by atoms with Crippen LogP contribution in [0.15, 0.2) is 48.5 Å². The van der Waals surface area contributed by atoms with Gasteiger partial charge < -0.3 is 20.1 Å². The predicted molar refractivity (Wildman–Crippen MR) is 86.6 cm³/mol. The molecular formula is C17H18N2O4. The van der Waals surface area contributed by atoms with E-state index < -0.39 is 5.97 Å². The first kappa shape index (κ1) is 16.4. The molecule has 0 saturated heterocycles. The summed E-state index contributed by atoms with van der Waals surface area (Å²) >= 11 is 0. The number of hydrogen-bond acceptors (Lipinski definition) is 4. The highest BCUT2D eigenvalue weighted by molar-refractivity contribution is 5.92. The van der Waals surface area contributed by atoms with Crippen molar-refractivity contribution in [1.29, 1.82) is 0 Å². The van der Waals surface area contributed by atoms with Crippen molar-refractivity contribution in [3.63, 3.8) is 0 Å². The summed E-state index contributed by atoms with van der Waals surface area (Å²) in [4.78, 5) is 23.2. The van der Waals surface area contributed by atoms with Gasteiger partial charge in [-0.2, -0.15) is 0 Å². The summed E-state index contributed by atoms with van der Waals surface area (Å²) in [5, 5.41) is 5.44. The Morgan fingerprint density at radius 2 is 1.61 bits per heavy atom. The molecule has 6 heteroatoms. The maximum absolute atomic E-state index is 11.8. The molecule has 0 atom stereocenters. The van der Waals surface area contributed by atoms with Gasteiger partial charge in [0.05, 0.1) is 19.8 Å². The van der Waals surface area contributed by atoms with Crippen molar-refractivity contribution in [3.8, 4) is 5.75 Å². The minimum Gasteiger partial charge on any atom is -0.497 e. The number of nitrogens with one attached hydrogen (secondary N) is 2. The normalized spacial score (nSPS) is 9.83. The lowest BCUT2D eigenvalue weighted by molar-refractivity contribution is 0.0601. The molecule has 0 aliphatic heterocycles. The van der Waals surface area contributed by atoms with E-state index >= 15 is 0 Å². The Labute approximate surface area is 134 Å². The third-order valence-electron chi connectivity index (χ3n) is 3.18. The topological polar surface area (TPSA) is 76.7 Å². The molecule has 0 spiro atoms. The van der Waals surface area contributed by atoms with Crippen LogP contribution >= 0.6 is 0 Å². The number of rotatable bonds is 5. The lowest BCUT2D eigenvalue weighted by atomic mass is 10.2. The second-order valence-corrected chi connectivity index (χ2v) is 4.72. The average Bonchev–Trinajstić information content (AvgIpc) is 2.60. The maximum atomic E-state index is 11.8.